The van der Waals surface area contributed by atoms with Crippen LogP contribution in [0.15, 0.2) is 35.3 Å². The number of H-pyrrole nitrogens is 1. The first-order valence-corrected chi connectivity index (χ1v) is 8.05. The van der Waals surface area contributed by atoms with Gasteiger partial charge in [0.15, 0.2) is 5.65 Å². The number of anilines is 1. The van der Waals surface area contributed by atoms with E-state index in [0.29, 0.717) is 22.5 Å². The first-order valence-electron chi connectivity index (χ1n) is 8.05. The van der Waals surface area contributed by atoms with Gasteiger partial charge in [0.2, 0.25) is 5.95 Å². The molecule has 7 nitrogen and oxygen atoms in total. The lowest BCUT2D eigenvalue weighted by Crippen LogP contribution is -2.24. The molecule has 0 aliphatic heterocycles. The molecule has 0 saturated heterocycles. The molecule has 3 rings (SSSR count). The Labute approximate surface area is 145 Å². The number of nitrogens with zero attached hydrogens (tertiary/aromatic N) is 4. The molecule has 0 radical (unpaired) electrons. The number of hydrogen-bond acceptors (Lipinski definition) is 5. The minimum atomic E-state index is -0.285. The van der Waals surface area contributed by atoms with E-state index < -0.39 is 0 Å². The summed E-state index contributed by atoms with van der Waals surface area (Å²) in [4.78, 5) is 19.6. The molecule has 0 spiro atoms. The largest absolute Gasteiger partial charge is 0.349 e. The van der Waals surface area contributed by atoms with Crippen LogP contribution in [-0.2, 0) is 5.54 Å². The van der Waals surface area contributed by atoms with Gasteiger partial charge < -0.3 is 5.32 Å². The molecule has 0 fully saturated rings. The Morgan fingerprint density at radius 3 is 2.80 bits per heavy atom. The number of nitriles is 1. The molecule has 2 heterocycles. The van der Waals surface area contributed by atoms with Gasteiger partial charge in [0, 0.05) is 0 Å². The summed E-state index contributed by atoms with van der Waals surface area (Å²) in [6, 6.07) is 9.33. The van der Waals surface area contributed by atoms with Crippen LogP contribution in [0.5, 0.6) is 0 Å². The van der Waals surface area contributed by atoms with Crippen molar-refractivity contribution in [2.24, 2.45) is 0 Å². The zero-order valence-corrected chi connectivity index (χ0v) is 14.7. The highest BCUT2D eigenvalue weighted by Crippen LogP contribution is 2.21. The van der Waals surface area contributed by atoms with E-state index in [1.807, 2.05) is 45.9 Å². The molecule has 1 aromatic carbocycles. The van der Waals surface area contributed by atoms with E-state index in [9.17, 15) is 4.79 Å². The van der Waals surface area contributed by atoms with Crippen molar-refractivity contribution >= 4 is 17.0 Å². The van der Waals surface area contributed by atoms with E-state index in [0.717, 1.165) is 5.56 Å². The van der Waals surface area contributed by atoms with Crippen molar-refractivity contribution in [3.05, 3.63) is 51.9 Å². The predicted octanol–water partition coefficient (Wildman–Crippen LogP) is 2.92. The lowest BCUT2D eigenvalue weighted by atomic mass is 10.1. The minimum absolute atomic E-state index is 0.125. The standard InChI is InChI=1S/C18H20N6O/c1-11(13-7-5-6-12(8-13)9-19)21-17-22-15-14(16(25)23-17)10-20-24(15)18(2,3)4/h5-8,10-11H,1-4H3,(H2,21,22,23,25). The van der Waals surface area contributed by atoms with Crippen LogP contribution < -0.4 is 10.9 Å². The van der Waals surface area contributed by atoms with Gasteiger partial charge in [-0.1, -0.05) is 12.1 Å². The van der Waals surface area contributed by atoms with Crippen LogP contribution in [-0.4, -0.2) is 19.7 Å². The highest BCUT2D eigenvalue weighted by Gasteiger charge is 2.20. The Balaban J connectivity index is 1.99. The number of aromatic amines is 1. The number of benzene rings is 1. The maximum Gasteiger partial charge on any atom is 0.263 e. The van der Waals surface area contributed by atoms with Gasteiger partial charge in [-0.05, 0) is 45.4 Å². The number of aromatic nitrogens is 4. The van der Waals surface area contributed by atoms with E-state index in [2.05, 4.69) is 26.5 Å². The van der Waals surface area contributed by atoms with Crippen molar-refractivity contribution in [2.45, 2.75) is 39.3 Å². The second-order valence-corrected chi connectivity index (χ2v) is 6.98. The molecule has 1 unspecified atom stereocenters. The fraction of sp³-hybridized carbons (Fsp3) is 0.333. The minimum Gasteiger partial charge on any atom is -0.349 e. The Kier molecular flexibility index (Phi) is 4.05. The average molecular weight is 336 g/mol. The fourth-order valence-electron chi connectivity index (χ4n) is 2.64. The van der Waals surface area contributed by atoms with Crippen molar-refractivity contribution in [1.29, 1.82) is 5.26 Å². The number of hydrogen-bond donors (Lipinski definition) is 2. The van der Waals surface area contributed by atoms with E-state index in [4.69, 9.17) is 5.26 Å². The first kappa shape index (κ1) is 16.7. The third kappa shape index (κ3) is 3.24. The van der Waals surface area contributed by atoms with Crippen molar-refractivity contribution < 1.29 is 0 Å². The molecule has 0 aliphatic rings. The van der Waals surface area contributed by atoms with Crippen LogP contribution in [0.2, 0.25) is 0 Å². The summed E-state index contributed by atoms with van der Waals surface area (Å²) in [6.07, 6.45) is 1.54. The van der Waals surface area contributed by atoms with Crippen molar-refractivity contribution in [3.8, 4) is 6.07 Å². The molecular weight excluding hydrogens is 316 g/mol. The third-order valence-corrected chi connectivity index (χ3v) is 3.94. The van der Waals surface area contributed by atoms with Crippen LogP contribution >= 0.6 is 0 Å². The SMILES string of the molecule is CC(Nc1nc2c(cnn2C(C)(C)C)c(=O)[nH]1)c1cccc(C#N)c1. The lowest BCUT2D eigenvalue weighted by Gasteiger charge is -2.20. The maximum absolute atomic E-state index is 12.3. The average Bonchev–Trinajstić information content (AvgIpc) is 2.99. The molecular formula is C18H20N6O. The molecule has 2 aromatic heterocycles. The van der Waals surface area contributed by atoms with Gasteiger partial charge in [0.25, 0.3) is 5.56 Å². The van der Waals surface area contributed by atoms with Crippen molar-refractivity contribution in [1.82, 2.24) is 19.7 Å². The number of fused-ring (bicyclic) bond motifs is 1. The molecule has 128 valence electrons. The molecule has 7 heteroatoms. The quantitative estimate of drug-likeness (QED) is 0.766. The molecule has 25 heavy (non-hydrogen) atoms. The Bertz CT molecular complexity index is 1020. The first-order chi connectivity index (χ1) is 11.8. The van der Waals surface area contributed by atoms with Gasteiger partial charge in [-0.25, -0.2) is 4.68 Å². The van der Waals surface area contributed by atoms with E-state index >= 15 is 0 Å². The monoisotopic (exact) mass is 336 g/mol. The van der Waals surface area contributed by atoms with E-state index in [-0.39, 0.29) is 17.1 Å². The van der Waals surface area contributed by atoms with Crippen LogP contribution in [0.1, 0.15) is 44.9 Å². The zero-order valence-electron chi connectivity index (χ0n) is 14.7. The molecule has 3 aromatic rings. The Morgan fingerprint density at radius 2 is 2.12 bits per heavy atom. The molecule has 0 aliphatic carbocycles. The normalized spacial score (nSPS) is 12.8. The van der Waals surface area contributed by atoms with Crippen LogP contribution in [0.3, 0.4) is 0 Å². The van der Waals surface area contributed by atoms with Crippen molar-refractivity contribution in [2.75, 3.05) is 5.32 Å². The molecule has 2 N–H and O–H groups in total. The second kappa shape index (κ2) is 6.06. The summed E-state index contributed by atoms with van der Waals surface area (Å²) in [7, 11) is 0. The highest BCUT2D eigenvalue weighted by molar-refractivity contribution is 5.74. The fourth-order valence-corrected chi connectivity index (χ4v) is 2.64. The Hall–Kier alpha value is -3.14. The summed E-state index contributed by atoms with van der Waals surface area (Å²) < 4.78 is 1.74. The summed E-state index contributed by atoms with van der Waals surface area (Å²) in [5, 5.41) is 17.0. The summed E-state index contributed by atoms with van der Waals surface area (Å²) in [6.45, 7) is 7.96. The zero-order chi connectivity index (χ0) is 18.2. The predicted molar refractivity (Wildman–Crippen MR) is 96.3 cm³/mol. The maximum atomic E-state index is 12.3. The Morgan fingerprint density at radius 1 is 1.36 bits per heavy atom. The highest BCUT2D eigenvalue weighted by atomic mass is 16.1. The summed E-state index contributed by atoms with van der Waals surface area (Å²) in [5.41, 5.74) is 1.55. The molecule has 0 amide bonds. The van der Waals surface area contributed by atoms with Gasteiger partial charge >= 0.3 is 0 Å². The number of nitrogens with one attached hydrogen (secondary N) is 2. The molecule has 1 atom stereocenters. The van der Waals surface area contributed by atoms with Crippen LogP contribution in [0, 0.1) is 11.3 Å². The van der Waals surface area contributed by atoms with Gasteiger partial charge in [0.05, 0.1) is 29.4 Å². The van der Waals surface area contributed by atoms with E-state index in [1.54, 1.807) is 10.7 Å². The van der Waals surface area contributed by atoms with Crippen molar-refractivity contribution in [3.63, 3.8) is 0 Å². The van der Waals surface area contributed by atoms with E-state index in [1.165, 1.54) is 6.20 Å². The molecule has 0 bridgehead atoms. The second-order valence-electron chi connectivity index (χ2n) is 6.98. The smallest absolute Gasteiger partial charge is 0.263 e. The van der Waals surface area contributed by atoms with Crippen LogP contribution in [0.25, 0.3) is 11.0 Å². The van der Waals surface area contributed by atoms with Gasteiger partial charge in [-0.3, -0.25) is 9.78 Å². The summed E-state index contributed by atoms with van der Waals surface area (Å²) >= 11 is 0. The lowest BCUT2D eigenvalue weighted by molar-refractivity contribution is 0.366. The summed E-state index contributed by atoms with van der Waals surface area (Å²) in [5.74, 6) is 0.373. The number of rotatable bonds is 3. The molecule has 0 saturated carbocycles. The third-order valence-electron chi connectivity index (χ3n) is 3.94. The van der Waals surface area contributed by atoms with Gasteiger partial charge in [-0.2, -0.15) is 15.3 Å². The topological polar surface area (TPSA) is 99.4 Å². The van der Waals surface area contributed by atoms with Gasteiger partial charge in [0.1, 0.15) is 5.39 Å². The van der Waals surface area contributed by atoms with Gasteiger partial charge in [-0.15, -0.1) is 0 Å². The van der Waals surface area contributed by atoms with Crippen LogP contribution in [0.4, 0.5) is 5.95 Å².